The number of benzene rings is 2. The molecular formula is C21H19BrN2O. The van der Waals surface area contributed by atoms with Crippen molar-refractivity contribution in [1.29, 1.82) is 0 Å². The van der Waals surface area contributed by atoms with Gasteiger partial charge in [0, 0.05) is 30.0 Å². The highest BCUT2D eigenvalue weighted by molar-refractivity contribution is 9.09. The van der Waals surface area contributed by atoms with E-state index in [9.17, 15) is 0 Å². The Kier molecular flexibility index (Phi) is 6.09. The Hall–Kier alpha value is -2.30. The molecule has 1 atom stereocenters. The molecule has 0 amide bonds. The monoisotopic (exact) mass is 394 g/mol. The lowest BCUT2D eigenvalue weighted by Gasteiger charge is -2.13. The molecule has 25 heavy (non-hydrogen) atoms. The Bertz CT molecular complexity index is 793. The van der Waals surface area contributed by atoms with Crippen molar-refractivity contribution in [2.24, 2.45) is 4.99 Å². The van der Waals surface area contributed by atoms with Gasteiger partial charge in [0.05, 0.1) is 17.1 Å². The molecule has 4 heteroatoms. The van der Waals surface area contributed by atoms with E-state index in [1.165, 1.54) is 0 Å². The molecule has 126 valence electrons. The molecule has 1 unspecified atom stereocenters. The summed E-state index contributed by atoms with van der Waals surface area (Å²) >= 11 is 3.67. The Morgan fingerprint density at radius 1 is 0.960 bits per heavy atom. The molecule has 0 bridgehead atoms. The largest absolute Gasteiger partial charge is 0.383 e. The summed E-state index contributed by atoms with van der Waals surface area (Å²) in [4.78, 5) is 9.46. The second-order valence-corrected chi connectivity index (χ2v) is 6.64. The van der Waals surface area contributed by atoms with Crippen molar-refractivity contribution in [2.45, 2.75) is 4.83 Å². The van der Waals surface area contributed by atoms with Gasteiger partial charge in [-0.1, -0.05) is 82.7 Å². The van der Waals surface area contributed by atoms with Crippen LogP contribution in [0.4, 0.5) is 5.82 Å². The minimum absolute atomic E-state index is 0.0396. The van der Waals surface area contributed by atoms with Crippen LogP contribution in [0.1, 0.15) is 21.5 Å². The van der Waals surface area contributed by atoms with Gasteiger partial charge < -0.3 is 4.74 Å². The van der Waals surface area contributed by atoms with Gasteiger partial charge in [0.2, 0.25) is 0 Å². The maximum absolute atomic E-state index is 5.26. The van der Waals surface area contributed by atoms with Gasteiger partial charge in [0.1, 0.15) is 0 Å². The van der Waals surface area contributed by atoms with E-state index < -0.39 is 0 Å². The summed E-state index contributed by atoms with van der Waals surface area (Å²) in [6, 6.07) is 24.3. The van der Waals surface area contributed by atoms with Gasteiger partial charge in [-0.15, -0.1) is 0 Å². The van der Waals surface area contributed by atoms with E-state index in [4.69, 9.17) is 9.73 Å². The van der Waals surface area contributed by atoms with E-state index in [1.54, 1.807) is 13.3 Å². The zero-order chi connectivity index (χ0) is 17.5. The van der Waals surface area contributed by atoms with Crippen LogP contribution in [0.15, 0.2) is 84.0 Å². The molecule has 0 fully saturated rings. The fourth-order valence-electron chi connectivity index (χ4n) is 2.58. The first-order valence-corrected chi connectivity index (χ1v) is 8.98. The predicted molar refractivity (Wildman–Crippen MR) is 106 cm³/mol. The number of halogens is 1. The second kappa shape index (κ2) is 8.70. The normalized spacial score (nSPS) is 11.8. The van der Waals surface area contributed by atoms with E-state index in [0.29, 0.717) is 12.4 Å². The lowest BCUT2D eigenvalue weighted by molar-refractivity contribution is 0.201. The zero-order valence-electron chi connectivity index (χ0n) is 14.0. The Morgan fingerprint density at radius 3 is 2.12 bits per heavy atom. The van der Waals surface area contributed by atoms with Crippen LogP contribution in [0, 0.1) is 0 Å². The number of hydrogen-bond donors (Lipinski definition) is 0. The number of nitrogens with zero attached hydrogens (tertiary/aromatic N) is 2. The number of ether oxygens (including phenoxy) is 1. The summed E-state index contributed by atoms with van der Waals surface area (Å²) in [5.74, 6) is 0.698. The van der Waals surface area contributed by atoms with Gasteiger partial charge in [0.25, 0.3) is 0 Å². The van der Waals surface area contributed by atoms with E-state index in [1.807, 2.05) is 48.5 Å². The maximum atomic E-state index is 5.26. The van der Waals surface area contributed by atoms with Crippen molar-refractivity contribution < 1.29 is 4.74 Å². The molecular weight excluding hydrogens is 376 g/mol. The average molecular weight is 395 g/mol. The molecule has 2 aromatic carbocycles. The van der Waals surface area contributed by atoms with Crippen LogP contribution in [0.2, 0.25) is 0 Å². The number of methoxy groups -OCH3 is 1. The van der Waals surface area contributed by atoms with Crippen LogP contribution in [0.25, 0.3) is 0 Å². The van der Waals surface area contributed by atoms with Crippen LogP contribution in [-0.4, -0.2) is 24.4 Å². The number of aromatic nitrogens is 1. The molecule has 3 nitrogen and oxygen atoms in total. The SMILES string of the molecule is COCC(Br)c1cccnc1N=C(c1ccccc1)c1ccccc1. The molecule has 0 spiro atoms. The zero-order valence-corrected chi connectivity index (χ0v) is 15.6. The molecule has 1 heterocycles. The fourth-order valence-corrected chi connectivity index (χ4v) is 3.20. The second-order valence-electron chi connectivity index (χ2n) is 5.53. The summed E-state index contributed by atoms with van der Waals surface area (Å²) in [5, 5.41) is 0. The van der Waals surface area contributed by atoms with Gasteiger partial charge >= 0.3 is 0 Å². The summed E-state index contributed by atoms with van der Waals surface area (Å²) in [7, 11) is 1.69. The molecule has 0 aliphatic heterocycles. The van der Waals surface area contributed by atoms with E-state index in [-0.39, 0.29) is 4.83 Å². The van der Waals surface area contributed by atoms with E-state index in [0.717, 1.165) is 22.4 Å². The third-order valence-electron chi connectivity index (χ3n) is 3.78. The number of rotatable bonds is 6. The minimum Gasteiger partial charge on any atom is -0.383 e. The van der Waals surface area contributed by atoms with Crippen LogP contribution >= 0.6 is 15.9 Å². The summed E-state index contributed by atoms with van der Waals surface area (Å²) in [6.45, 7) is 0.556. The van der Waals surface area contributed by atoms with Crippen molar-refractivity contribution in [1.82, 2.24) is 4.98 Å². The molecule has 0 radical (unpaired) electrons. The average Bonchev–Trinajstić information content (AvgIpc) is 2.68. The molecule has 3 aromatic rings. The van der Waals surface area contributed by atoms with Crippen molar-refractivity contribution in [3.63, 3.8) is 0 Å². The van der Waals surface area contributed by atoms with Gasteiger partial charge in [0.15, 0.2) is 5.82 Å². The molecule has 3 rings (SSSR count). The van der Waals surface area contributed by atoms with E-state index in [2.05, 4.69) is 45.2 Å². The van der Waals surface area contributed by atoms with Crippen LogP contribution < -0.4 is 0 Å². The first-order valence-electron chi connectivity index (χ1n) is 8.07. The third-order valence-corrected chi connectivity index (χ3v) is 4.54. The lowest BCUT2D eigenvalue weighted by Crippen LogP contribution is -2.05. The highest BCUT2D eigenvalue weighted by atomic mass is 79.9. The molecule has 1 aromatic heterocycles. The summed E-state index contributed by atoms with van der Waals surface area (Å²) < 4.78 is 5.26. The smallest absolute Gasteiger partial charge is 0.156 e. The highest BCUT2D eigenvalue weighted by Crippen LogP contribution is 2.30. The third kappa shape index (κ3) is 4.41. The maximum Gasteiger partial charge on any atom is 0.156 e. The molecule has 0 aliphatic carbocycles. The van der Waals surface area contributed by atoms with Gasteiger partial charge in [-0.25, -0.2) is 9.98 Å². The van der Waals surface area contributed by atoms with Crippen molar-refractivity contribution >= 4 is 27.5 Å². The lowest BCUT2D eigenvalue weighted by atomic mass is 10.0. The highest BCUT2D eigenvalue weighted by Gasteiger charge is 2.14. The first kappa shape index (κ1) is 17.5. The molecule has 0 saturated carbocycles. The Balaban J connectivity index is 2.12. The van der Waals surface area contributed by atoms with Gasteiger partial charge in [-0.05, 0) is 6.07 Å². The number of aliphatic imine (C=N–C) groups is 1. The van der Waals surface area contributed by atoms with Crippen LogP contribution in [0.5, 0.6) is 0 Å². The number of pyridine rings is 1. The Morgan fingerprint density at radius 2 is 1.56 bits per heavy atom. The molecule has 0 aliphatic rings. The summed E-state index contributed by atoms with van der Waals surface area (Å²) in [6.07, 6.45) is 1.77. The molecule has 0 saturated heterocycles. The standard InChI is InChI=1S/C21H19BrN2O/c1-25-15-19(22)18-13-8-14-23-21(18)24-20(16-9-4-2-5-10-16)17-11-6-3-7-12-17/h2-14,19H,15H2,1H3. The van der Waals surface area contributed by atoms with E-state index >= 15 is 0 Å². The summed E-state index contributed by atoms with van der Waals surface area (Å²) in [5.41, 5.74) is 4.03. The quantitative estimate of drug-likeness (QED) is 0.418. The van der Waals surface area contributed by atoms with Crippen molar-refractivity contribution in [2.75, 3.05) is 13.7 Å². The fraction of sp³-hybridized carbons (Fsp3) is 0.143. The predicted octanol–water partition coefficient (Wildman–Crippen LogP) is 5.33. The van der Waals surface area contributed by atoms with Crippen molar-refractivity contribution in [3.05, 3.63) is 95.7 Å². The first-order chi connectivity index (χ1) is 12.3. The van der Waals surface area contributed by atoms with Gasteiger partial charge in [-0.3, -0.25) is 0 Å². The number of alkyl halides is 1. The minimum atomic E-state index is 0.0396. The van der Waals surface area contributed by atoms with Crippen molar-refractivity contribution in [3.8, 4) is 0 Å². The van der Waals surface area contributed by atoms with Crippen LogP contribution in [-0.2, 0) is 4.74 Å². The topological polar surface area (TPSA) is 34.5 Å². The Labute approximate surface area is 156 Å². The van der Waals surface area contributed by atoms with Crippen LogP contribution in [0.3, 0.4) is 0 Å². The van der Waals surface area contributed by atoms with Gasteiger partial charge in [-0.2, -0.15) is 0 Å². The number of hydrogen-bond acceptors (Lipinski definition) is 3. The molecule has 0 N–H and O–H groups in total.